The first-order valence-corrected chi connectivity index (χ1v) is 9.77. The van der Waals surface area contributed by atoms with Crippen molar-refractivity contribution in [2.45, 2.75) is 13.8 Å². The molecule has 156 valence electrons. The molecule has 0 atom stereocenters. The van der Waals surface area contributed by atoms with E-state index in [1.807, 2.05) is 38.1 Å². The minimum Gasteiger partial charge on any atom is -0.495 e. The van der Waals surface area contributed by atoms with Gasteiger partial charge in [-0.25, -0.2) is 9.29 Å². The number of nitrogens with one attached hydrogen (secondary N) is 1. The number of hydrogen-bond acceptors (Lipinski definition) is 4. The fourth-order valence-electron chi connectivity index (χ4n) is 3.62. The van der Waals surface area contributed by atoms with Gasteiger partial charge in [0.15, 0.2) is 0 Å². The van der Waals surface area contributed by atoms with Crippen molar-refractivity contribution in [3.8, 4) is 5.75 Å². The van der Waals surface area contributed by atoms with Crippen molar-refractivity contribution >= 4 is 28.8 Å². The van der Waals surface area contributed by atoms with Gasteiger partial charge in [-0.3, -0.25) is 9.59 Å². The summed E-state index contributed by atoms with van der Waals surface area (Å²) in [5.74, 6) is -0.847. The van der Waals surface area contributed by atoms with Gasteiger partial charge in [-0.05, 0) is 60.9 Å². The molecule has 4 rings (SSSR count). The lowest BCUT2D eigenvalue weighted by molar-refractivity contribution is -0.120. The van der Waals surface area contributed by atoms with Gasteiger partial charge in [-0.15, -0.1) is 0 Å². The summed E-state index contributed by atoms with van der Waals surface area (Å²) in [4.78, 5) is 28.1. The number of para-hydroxylation sites is 1. The minimum atomic E-state index is -0.484. The molecule has 6 heteroatoms. The Hall–Kier alpha value is -3.93. The van der Waals surface area contributed by atoms with Crippen molar-refractivity contribution in [3.63, 3.8) is 0 Å². The van der Waals surface area contributed by atoms with Crippen LogP contribution >= 0.6 is 0 Å². The number of methoxy groups -OCH3 is 1. The van der Waals surface area contributed by atoms with Crippen molar-refractivity contribution in [1.82, 2.24) is 0 Å². The molecule has 1 aliphatic heterocycles. The second-order valence-electron chi connectivity index (χ2n) is 7.32. The van der Waals surface area contributed by atoms with Crippen LogP contribution in [0.3, 0.4) is 0 Å². The first-order chi connectivity index (χ1) is 14.9. The Labute approximate surface area is 179 Å². The van der Waals surface area contributed by atoms with Crippen molar-refractivity contribution in [2.24, 2.45) is 0 Å². The highest BCUT2D eigenvalue weighted by Crippen LogP contribution is 2.36. The molecule has 3 aromatic rings. The van der Waals surface area contributed by atoms with Crippen molar-refractivity contribution < 1.29 is 18.7 Å². The van der Waals surface area contributed by atoms with Gasteiger partial charge in [0, 0.05) is 0 Å². The van der Waals surface area contributed by atoms with Crippen LogP contribution in [0.4, 0.5) is 15.8 Å². The zero-order valence-corrected chi connectivity index (χ0v) is 17.4. The number of amides is 2. The fourth-order valence-corrected chi connectivity index (χ4v) is 3.62. The van der Waals surface area contributed by atoms with Gasteiger partial charge < -0.3 is 10.1 Å². The molecule has 0 saturated heterocycles. The van der Waals surface area contributed by atoms with Crippen molar-refractivity contribution in [2.75, 3.05) is 17.3 Å². The van der Waals surface area contributed by atoms with E-state index in [0.717, 1.165) is 16.0 Å². The van der Waals surface area contributed by atoms with Gasteiger partial charge in [-0.2, -0.15) is 0 Å². The Morgan fingerprint density at radius 2 is 1.61 bits per heavy atom. The molecule has 31 heavy (non-hydrogen) atoms. The molecule has 2 amide bonds. The molecule has 0 aromatic heterocycles. The van der Waals surface area contributed by atoms with Crippen LogP contribution in [0.2, 0.25) is 0 Å². The lowest BCUT2D eigenvalue weighted by atomic mass is 10.0. The number of anilines is 2. The van der Waals surface area contributed by atoms with Gasteiger partial charge in [0.1, 0.15) is 17.3 Å². The third-order valence-electron chi connectivity index (χ3n) is 5.19. The molecular formula is C25H21FN2O3. The molecule has 1 N–H and O–H groups in total. The number of benzene rings is 3. The average Bonchev–Trinajstić information content (AvgIpc) is 2.99. The highest BCUT2D eigenvalue weighted by Gasteiger charge is 2.41. The summed E-state index contributed by atoms with van der Waals surface area (Å²) in [6, 6.07) is 18.2. The standard InChI is InChI=1S/C25H21FN2O3/c1-15-8-13-21(31-3)19(14-15)27-23-22(17-9-11-18(26)12-10-17)24(29)28(25(23)30)20-7-5-4-6-16(20)2/h4-14,27H,1-3H3. The topological polar surface area (TPSA) is 58.6 Å². The molecule has 1 heterocycles. The lowest BCUT2D eigenvalue weighted by Gasteiger charge is -2.18. The van der Waals surface area contributed by atoms with Crippen LogP contribution in [0, 0.1) is 19.7 Å². The number of rotatable bonds is 5. The highest BCUT2D eigenvalue weighted by molar-refractivity contribution is 6.46. The SMILES string of the molecule is COc1ccc(C)cc1NC1=C(c2ccc(F)cc2)C(=O)N(c2ccccc2C)C1=O. The number of hydrogen-bond donors (Lipinski definition) is 1. The van der Waals surface area contributed by atoms with E-state index in [4.69, 9.17) is 4.74 Å². The van der Waals surface area contributed by atoms with Crippen LogP contribution < -0.4 is 15.0 Å². The fraction of sp³-hybridized carbons (Fsp3) is 0.120. The number of halogens is 1. The normalized spacial score (nSPS) is 13.7. The monoisotopic (exact) mass is 416 g/mol. The van der Waals surface area contributed by atoms with Gasteiger partial charge in [0.05, 0.1) is 24.1 Å². The molecule has 5 nitrogen and oxygen atoms in total. The third-order valence-corrected chi connectivity index (χ3v) is 5.19. The van der Waals surface area contributed by atoms with E-state index in [1.54, 1.807) is 18.2 Å². The third kappa shape index (κ3) is 3.68. The summed E-state index contributed by atoms with van der Waals surface area (Å²) >= 11 is 0. The molecule has 3 aromatic carbocycles. The summed E-state index contributed by atoms with van der Waals surface area (Å²) < 4.78 is 18.9. The molecule has 0 radical (unpaired) electrons. The van der Waals surface area contributed by atoms with E-state index in [9.17, 15) is 14.0 Å². The Morgan fingerprint density at radius 1 is 0.903 bits per heavy atom. The largest absolute Gasteiger partial charge is 0.495 e. The van der Waals surface area contributed by atoms with Crippen molar-refractivity contribution in [1.29, 1.82) is 0 Å². The second-order valence-corrected chi connectivity index (χ2v) is 7.32. The number of carbonyl (C=O) groups is 2. The van der Waals surface area contributed by atoms with Gasteiger partial charge >= 0.3 is 0 Å². The molecule has 0 saturated carbocycles. The Kier molecular flexibility index (Phi) is 5.29. The van der Waals surface area contributed by atoms with E-state index in [2.05, 4.69) is 5.32 Å². The highest BCUT2D eigenvalue weighted by atomic mass is 19.1. The number of ether oxygens (including phenoxy) is 1. The first-order valence-electron chi connectivity index (χ1n) is 9.77. The van der Waals surface area contributed by atoms with Crippen LogP contribution in [0.15, 0.2) is 72.4 Å². The molecule has 0 bridgehead atoms. The Bertz CT molecular complexity index is 1220. The molecule has 0 fully saturated rings. The smallest absolute Gasteiger partial charge is 0.282 e. The van der Waals surface area contributed by atoms with Crippen LogP contribution in [-0.2, 0) is 9.59 Å². The Morgan fingerprint density at radius 3 is 2.29 bits per heavy atom. The summed E-state index contributed by atoms with van der Waals surface area (Å²) in [5.41, 5.74) is 3.55. The zero-order chi connectivity index (χ0) is 22.1. The lowest BCUT2D eigenvalue weighted by Crippen LogP contribution is -2.33. The van der Waals surface area contributed by atoms with Gasteiger partial charge in [-0.1, -0.05) is 36.4 Å². The number of imide groups is 1. The number of aryl methyl sites for hydroxylation is 2. The van der Waals surface area contributed by atoms with E-state index < -0.39 is 17.6 Å². The molecule has 0 aliphatic carbocycles. The van der Waals surface area contributed by atoms with E-state index >= 15 is 0 Å². The van der Waals surface area contributed by atoms with Crippen LogP contribution in [-0.4, -0.2) is 18.9 Å². The summed E-state index contributed by atoms with van der Waals surface area (Å²) in [5, 5.41) is 3.11. The summed E-state index contributed by atoms with van der Waals surface area (Å²) in [7, 11) is 1.53. The molecule has 0 unspecified atom stereocenters. The van der Waals surface area contributed by atoms with E-state index in [1.165, 1.54) is 31.4 Å². The van der Waals surface area contributed by atoms with Gasteiger partial charge in [0.25, 0.3) is 11.8 Å². The number of nitrogens with zero attached hydrogens (tertiary/aromatic N) is 1. The predicted octanol–water partition coefficient (Wildman–Crippen LogP) is 4.85. The second kappa shape index (κ2) is 8.07. The quantitative estimate of drug-likeness (QED) is 0.604. The molecule has 0 spiro atoms. The molecule has 1 aliphatic rings. The average molecular weight is 416 g/mol. The van der Waals surface area contributed by atoms with E-state index in [-0.39, 0.29) is 11.3 Å². The van der Waals surface area contributed by atoms with Gasteiger partial charge in [0.2, 0.25) is 0 Å². The maximum Gasteiger partial charge on any atom is 0.282 e. The predicted molar refractivity (Wildman–Crippen MR) is 118 cm³/mol. The zero-order valence-electron chi connectivity index (χ0n) is 17.4. The summed E-state index contributed by atoms with van der Waals surface area (Å²) in [6.45, 7) is 3.75. The Balaban J connectivity index is 1.87. The van der Waals surface area contributed by atoms with Crippen LogP contribution in [0.25, 0.3) is 5.57 Å². The number of carbonyl (C=O) groups excluding carboxylic acids is 2. The van der Waals surface area contributed by atoms with Crippen molar-refractivity contribution in [3.05, 3.63) is 94.9 Å². The van der Waals surface area contributed by atoms with E-state index in [0.29, 0.717) is 22.7 Å². The maximum absolute atomic E-state index is 13.5. The molecular weight excluding hydrogens is 395 g/mol. The first kappa shape index (κ1) is 20.3. The van der Waals surface area contributed by atoms with Crippen LogP contribution in [0.5, 0.6) is 5.75 Å². The maximum atomic E-state index is 13.5. The summed E-state index contributed by atoms with van der Waals surface area (Å²) in [6.07, 6.45) is 0. The minimum absolute atomic E-state index is 0.115. The van der Waals surface area contributed by atoms with Crippen LogP contribution in [0.1, 0.15) is 16.7 Å².